The van der Waals surface area contributed by atoms with Gasteiger partial charge in [0.2, 0.25) is 0 Å². The van der Waals surface area contributed by atoms with E-state index in [1.807, 2.05) is 0 Å². The van der Waals surface area contributed by atoms with Gasteiger partial charge in [-0.2, -0.15) is 0 Å². The van der Waals surface area contributed by atoms with Gasteiger partial charge in [-0.05, 0) is 0 Å². The Morgan fingerprint density at radius 1 is 1.25 bits per heavy atom. The number of hydrogen-bond acceptors (Lipinski definition) is 2. The van der Waals surface area contributed by atoms with E-state index in [-0.39, 0.29) is 16.8 Å². The Hall–Kier alpha value is 0.426. The van der Waals surface area contributed by atoms with Crippen LogP contribution < -0.4 is 0 Å². The van der Waals surface area contributed by atoms with Crippen molar-refractivity contribution < 1.29 is 27.0 Å². The van der Waals surface area contributed by atoms with Gasteiger partial charge < -0.3 is 10.2 Å². The van der Waals surface area contributed by atoms with E-state index in [4.69, 9.17) is 10.2 Å². The van der Waals surface area contributed by atoms with Gasteiger partial charge in [-0.15, -0.1) is 0 Å². The summed E-state index contributed by atoms with van der Waals surface area (Å²) < 4.78 is 0. The quantitative estimate of drug-likeness (QED) is 0.387. The van der Waals surface area contributed by atoms with Crippen molar-refractivity contribution in [2.24, 2.45) is 0 Å². The molecule has 0 rings (SSSR count). The molecule has 0 aliphatic rings. The Morgan fingerprint density at radius 3 is 1.25 bits per heavy atom. The van der Waals surface area contributed by atoms with Crippen molar-refractivity contribution in [2.45, 2.75) is 0 Å². The zero-order chi connectivity index (χ0) is 2.71. The summed E-state index contributed by atoms with van der Waals surface area (Å²) in [5.74, 6) is 0. The molecule has 1 radical (unpaired) electrons. The molecular weight excluding hydrogens is 103 g/mol. The predicted octanol–water partition coefficient (Wildman–Crippen LogP) is -1.07. The smallest absolute Gasteiger partial charge is 0.140 e. The van der Waals surface area contributed by atoms with Crippen molar-refractivity contribution in [3.05, 3.63) is 0 Å². The second kappa shape index (κ2) is 9.91. The molecule has 2 N–H and O–H groups in total. The van der Waals surface area contributed by atoms with Crippen molar-refractivity contribution in [1.82, 2.24) is 0 Å². The molecule has 0 bridgehead atoms. The molecule has 0 aliphatic carbocycles. The molecule has 2 nitrogen and oxygen atoms in total. The standard InChI is InChI=1S/CH4O2.Co/c2-1-3;/h2-3H,1H2;. The van der Waals surface area contributed by atoms with Gasteiger partial charge in [0.15, 0.2) is 0 Å². The van der Waals surface area contributed by atoms with Crippen molar-refractivity contribution in [1.29, 1.82) is 0 Å². The molecular formula is CH4CoO2. The van der Waals surface area contributed by atoms with E-state index in [2.05, 4.69) is 0 Å². The first-order valence-electron chi connectivity index (χ1n) is 0.632. The van der Waals surface area contributed by atoms with Gasteiger partial charge in [0.1, 0.15) is 6.79 Å². The first-order valence-corrected chi connectivity index (χ1v) is 0.632. The van der Waals surface area contributed by atoms with Crippen LogP contribution in [-0.4, -0.2) is 17.0 Å². The summed E-state index contributed by atoms with van der Waals surface area (Å²) in [5, 5.41) is 14.2. The minimum Gasteiger partial charge on any atom is -0.371 e. The predicted molar refractivity (Wildman–Crippen MR) is 9.30 cm³/mol. The van der Waals surface area contributed by atoms with Gasteiger partial charge in [-0.25, -0.2) is 0 Å². The van der Waals surface area contributed by atoms with Crippen LogP contribution in [0.25, 0.3) is 0 Å². The maximum Gasteiger partial charge on any atom is 0.140 e. The minimum absolute atomic E-state index is 0. The zero-order valence-corrected chi connectivity index (χ0v) is 2.98. The molecule has 0 aliphatic heterocycles. The van der Waals surface area contributed by atoms with Crippen molar-refractivity contribution in [2.75, 3.05) is 6.79 Å². The Bertz CT molecular complexity index is 6.00. The Labute approximate surface area is 34.6 Å². The van der Waals surface area contributed by atoms with Crippen LogP contribution in [-0.2, 0) is 16.8 Å². The fourth-order valence-corrected chi connectivity index (χ4v) is 0. The third-order valence-corrected chi connectivity index (χ3v) is 0. The summed E-state index contributed by atoms with van der Waals surface area (Å²) in [7, 11) is 0. The molecule has 0 heterocycles. The first kappa shape index (κ1) is 8.83. The van der Waals surface area contributed by atoms with Crippen molar-refractivity contribution in [3.63, 3.8) is 0 Å². The van der Waals surface area contributed by atoms with Crippen LogP contribution in [0.1, 0.15) is 0 Å². The van der Waals surface area contributed by atoms with Crippen molar-refractivity contribution in [3.8, 4) is 0 Å². The zero-order valence-electron chi connectivity index (χ0n) is 1.93. The molecule has 0 aromatic carbocycles. The maximum atomic E-state index is 7.12. The van der Waals surface area contributed by atoms with Crippen LogP contribution in [0.2, 0.25) is 0 Å². The molecule has 0 saturated heterocycles. The Kier molecular flexibility index (Phi) is 21.9. The molecule has 3 heteroatoms. The molecule has 0 aromatic heterocycles. The van der Waals surface area contributed by atoms with Crippen LogP contribution in [0.5, 0.6) is 0 Å². The average molecular weight is 107 g/mol. The third kappa shape index (κ3) is 27.1. The normalized spacial score (nSPS) is 4.50. The maximum absolute atomic E-state index is 7.12. The molecule has 0 spiro atoms. The summed E-state index contributed by atoms with van der Waals surface area (Å²) in [5.41, 5.74) is 0. The summed E-state index contributed by atoms with van der Waals surface area (Å²) in [6.07, 6.45) is 0. The molecule has 0 atom stereocenters. The summed E-state index contributed by atoms with van der Waals surface area (Å²) in [6.45, 7) is -0.750. The van der Waals surface area contributed by atoms with Gasteiger partial charge in [0, 0.05) is 16.8 Å². The monoisotopic (exact) mass is 107 g/mol. The molecule has 0 saturated carbocycles. The SMILES string of the molecule is OCO.[Co]. The number of hydrogen-bond donors (Lipinski definition) is 2. The number of aliphatic hydroxyl groups excluding tert-OH is 1. The largest absolute Gasteiger partial charge is 0.371 e. The fourth-order valence-electron chi connectivity index (χ4n) is 0. The van der Waals surface area contributed by atoms with Gasteiger partial charge in [0.05, 0.1) is 0 Å². The fraction of sp³-hybridized carbons (Fsp3) is 1.00. The van der Waals surface area contributed by atoms with E-state index in [9.17, 15) is 0 Å². The summed E-state index contributed by atoms with van der Waals surface area (Å²) in [4.78, 5) is 0. The van der Waals surface area contributed by atoms with Crippen molar-refractivity contribution >= 4 is 0 Å². The Morgan fingerprint density at radius 2 is 1.25 bits per heavy atom. The van der Waals surface area contributed by atoms with Crippen LogP contribution in [0.4, 0.5) is 0 Å². The van der Waals surface area contributed by atoms with E-state index in [0.717, 1.165) is 0 Å². The van der Waals surface area contributed by atoms with Crippen LogP contribution in [0, 0.1) is 0 Å². The number of rotatable bonds is 0. The van der Waals surface area contributed by atoms with E-state index in [1.165, 1.54) is 0 Å². The van der Waals surface area contributed by atoms with Crippen LogP contribution in [0.3, 0.4) is 0 Å². The Balaban J connectivity index is 0. The molecule has 29 valence electrons. The van der Waals surface area contributed by atoms with E-state index in [1.54, 1.807) is 0 Å². The molecule has 4 heavy (non-hydrogen) atoms. The summed E-state index contributed by atoms with van der Waals surface area (Å²) in [6, 6.07) is 0. The molecule has 0 amide bonds. The molecule has 0 aromatic rings. The topological polar surface area (TPSA) is 40.5 Å². The second-order valence-corrected chi connectivity index (χ2v) is 0.141. The van der Waals surface area contributed by atoms with Crippen LogP contribution in [0.15, 0.2) is 0 Å². The minimum atomic E-state index is -0.750. The van der Waals surface area contributed by atoms with E-state index < -0.39 is 6.79 Å². The third-order valence-electron chi connectivity index (χ3n) is 0. The van der Waals surface area contributed by atoms with E-state index in [0.29, 0.717) is 0 Å². The first-order chi connectivity index (χ1) is 1.41. The second-order valence-electron chi connectivity index (χ2n) is 0.141. The van der Waals surface area contributed by atoms with Gasteiger partial charge in [-0.1, -0.05) is 0 Å². The van der Waals surface area contributed by atoms with Gasteiger partial charge in [0.25, 0.3) is 0 Å². The van der Waals surface area contributed by atoms with Gasteiger partial charge in [-0.3, -0.25) is 0 Å². The van der Waals surface area contributed by atoms with Crippen LogP contribution >= 0.6 is 0 Å². The summed E-state index contributed by atoms with van der Waals surface area (Å²) >= 11 is 0. The van der Waals surface area contributed by atoms with E-state index >= 15 is 0 Å². The van der Waals surface area contributed by atoms with Gasteiger partial charge >= 0.3 is 0 Å². The number of aliphatic hydroxyl groups is 2. The molecule has 0 unspecified atom stereocenters. The average Bonchev–Trinajstić information content (AvgIpc) is 0.918. The molecule has 0 fully saturated rings.